The van der Waals surface area contributed by atoms with Crippen LogP contribution in [0.1, 0.15) is 21.1 Å². The van der Waals surface area contributed by atoms with Gasteiger partial charge < -0.3 is 4.74 Å². The summed E-state index contributed by atoms with van der Waals surface area (Å²) in [5.74, 6) is 0.126. The number of carbonyl (C=O) groups excluding carboxylic acids is 1. The van der Waals surface area contributed by atoms with Crippen molar-refractivity contribution < 1.29 is 18.3 Å². The van der Waals surface area contributed by atoms with Crippen LogP contribution >= 0.6 is 34.4 Å². The third-order valence-electron chi connectivity index (χ3n) is 3.86. The van der Waals surface area contributed by atoms with Crippen molar-refractivity contribution in [2.24, 2.45) is 0 Å². The van der Waals surface area contributed by atoms with Crippen molar-refractivity contribution in [2.75, 3.05) is 5.32 Å². The first-order valence-corrected chi connectivity index (χ1v) is 11.6. The van der Waals surface area contributed by atoms with Gasteiger partial charge in [-0.15, -0.1) is 21.5 Å². The fraction of sp³-hybridized carbons (Fsp3) is 0.100. The summed E-state index contributed by atoms with van der Waals surface area (Å²) in [5.41, 5.74) is 1.21. The zero-order valence-electron chi connectivity index (χ0n) is 15.7. The largest absolute Gasteiger partial charge is 0.486 e. The number of nitrogens with zero attached hydrogens (tertiary/aromatic N) is 3. The van der Waals surface area contributed by atoms with Crippen LogP contribution in [0, 0.1) is 11.6 Å². The summed E-state index contributed by atoms with van der Waals surface area (Å²) < 4.78 is 32.1. The van der Waals surface area contributed by atoms with Crippen LogP contribution in [0.5, 0.6) is 5.75 Å². The number of ether oxygens (including phenoxy) is 1. The number of amides is 1. The molecule has 11 heteroatoms. The Morgan fingerprint density at radius 2 is 1.74 bits per heavy atom. The summed E-state index contributed by atoms with van der Waals surface area (Å²) in [6.07, 6.45) is 0. The molecule has 2 aromatic heterocycles. The van der Waals surface area contributed by atoms with Gasteiger partial charge in [-0.2, -0.15) is 0 Å². The third-order valence-corrected chi connectivity index (χ3v) is 6.73. The van der Waals surface area contributed by atoms with Gasteiger partial charge in [0.25, 0.3) is 5.91 Å². The summed E-state index contributed by atoms with van der Waals surface area (Å²) in [5, 5.41) is 13.3. The standard InChI is InChI=1S/C20H14F2N4O2S3/c21-13-3-1-12(2-4-13)10-30-20-26-25-19(31-20)24-18(27)16-11-29-17(23-16)9-28-15-7-5-14(22)6-8-15/h1-8,11H,9-10H2,(H,24,25,27). The minimum atomic E-state index is -0.393. The fourth-order valence-electron chi connectivity index (χ4n) is 2.36. The lowest BCUT2D eigenvalue weighted by Gasteiger charge is -2.03. The molecule has 0 saturated carbocycles. The quantitative estimate of drug-likeness (QED) is 0.271. The van der Waals surface area contributed by atoms with Gasteiger partial charge in [-0.25, -0.2) is 13.8 Å². The Morgan fingerprint density at radius 3 is 2.48 bits per heavy atom. The summed E-state index contributed by atoms with van der Waals surface area (Å²) >= 11 is 3.99. The van der Waals surface area contributed by atoms with E-state index in [0.717, 1.165) is 5.56 Å². The molecule has 0 spiro atoms. The van der Waals surface area contributed by atoms with E-state index in [4.69, 9.17) is 4.74 Å². The highest BCUT2D eigenvalue weighted by atomic mass is 32.2. The normalized spacial score (nSPS) is 10.8. The monoisotopic (exact) mass is 476 g/mol. The van der Waals surface area contributed by atoms with Crippen LogP contribution in [0.2, 0.25) is 0 Å². The Kier molecular flexibility index (Phi) is 6.85. The average Bonchev–Trinajstić information content (AvgIpc) is 3.43. The van der Waals surface area contributed by atoms with Gasteiger partial charge in [-0.3, -0.25) is 10.1 Å². The number of rotatable bonds is 8. The summed E-state index contributed by atoms with van der Waals surface area (Å²) in [7, 11) is 0. The summed E-state index contributed by atoms with van der Waals surface area (Å²) in [6, 6.07) is 11.9. The van der Waals surface area contributed by atoms with Gasteiger partial charge in [0, 0.05) is 11.1 Å². The zero-order chi connectivity index (χ0) is 21.6. The van der Waals surface area contributed by atoms with Crippen molar-refractivity contribution in [3.05, 3.63) is 81.8 Å². The highest BCUT2D eigenvalue weighted by Gasteiger charge is 2.14. The molecule has 0 unspecified atom stereocenters. The molecule has 4 rings (SSSR count). The van der Waals surface area contributed by atoms with Crippen LogP contribution in [0.3, 0.4) is 0 Å². The Morgan fingerprint density at radius 1 is 1.03 bits per heavy atom. The van der Waals surface area contributed by atoms with E-state index in [2.05, 4.69) is 20.5 Å². The Balaban J connectivity index is 1.28. The number of thioether (sulfide) groups is 1. The molecular formula is C20H14F2N4O2S3. The minimum Gasteiger partial charge on any atom is -0.486 e. The first kappa shape index (κ1) is 21.3. The lowest BCUT2D eigenvalue weighted by atomic mass is 10.2. The van der Waals surface area contributed by atoms with Gasteiger partial charge in [-0.1, -0.05) is 35.2 Å². The van der Waals surface area contributed by atoms with Gasteiger partial charge in [0.15, 0.2) is 4.34 Å². The molecule has 1 amide bonds. The second-order valence-electron chi connectivity index (χ2n) is 6.11. The number of hydrogen-bond donors (Lipinski definition) is 1. The molecule has 0 aliphatic heterocycles. The van der Waals surface area contributed by atoms with E-state index in [9.17, 15) is 13.6 Å². The molecule has 0 aliphatic carbocycles. The van der Waals surface area contributed by atoms with Crippen LogP contribution in [0.25, 0.3) is 0 Å². The molecule has 4 aromatic rings. The zero-order valence-corrected chi connectivity index (χ0v) is 18.2. The molecule has 0 fully saturated rings. The molecule has 31 heavy (non-hydrogen) atoms. The van der Waals surface area contributed by atoms with Crippen molar-refractivity contribution in [3.63, 3.8) is 0 Å². The van der Waals surface area contributed by atoms with Crippen LogP contribution in [0.15, 0.2) is 58.3 Å². The molecular weight excluding hydrogens is 462 g/mol. The van der Waals surface area contributed by atoms with Gasteiger partial charge in [0.1, 0.15) is 34.7 Å². The van der Waals surface area contributed by atoms with Crippen LogP contribution in [0.4, 0.5) is 13.9 Å². The molecule has 6 nitrogen and oxygen atoms in total. The van der Waals surface area contributed by atoms with Crippen molar-refractivity contribution in [1.29, 1.82) is 0 Å². The van der Waals surface area contributed by atoms with E-state index in [1.807, 2.05) is 0 Å². The number of thiazole rings is 1. The fourth-order valence-corrected chi connectivity index (χ4v) is 4.75. The predicted octanol–water partition coefficient (Wildman–Crippen LogP) is 5.40. The lowest BCUT2D eigenvalue weighted by molar-refractivity contribution is 0.102. The topological polar surface area (TPSA) is 77.0 Å². The maximum atomic E-state index is 13.0. The smallest absolute Gasteiger partial charge is 0.276 e. The molecule has 158 valence electrons. The number of benzene rings is 2. The van der Waals surface area contributed by atoms with Crippen molar-refractivity contribution in [2.45, 2.75) is 16.7 Å². The minimum absolute atomic E-state index is 0.173. The number of halogens is 2. The summed E-state index contributed by atoms with van der Waals surface area (Å²) in [4.78, 5) is 16.7. The molecule has 2 aromatic carbocycles. The molecule has 1 N–H and O–H groups in total. The van der Waals surface area contributed by atoms with Crippen LogP contribution < -0.4 is 10.1 Å². The molecule has 0 saturated heterocycles. The van der Waals surface area contributed by atoms with Gasteiger partial charge in [-0.05, 0) is 42.0 Å². The van der Waals surface area contributed by atoms with Gasteiger partial charge in [0.05, 0.1) is 0 Å². The van der Waals surface area contributed by atoms with E-state index in [1.165, 1.54) is 70.8 Å². The summed E-state index contributed by atoms with van der Waals surface area (Å²) in [6.45, 7) is 0.173. The molecule has 0 radical (unpaired) electrons. The Labute approximate surface area is 188 Å². The van der Waals surface area contributed by atoms with E-state index in [-0.39, 0.29) is 23.9 Å². The van der Waals surface area contributed by atoms with Gasteiger partial charge in [0.2, 0.25) is 5.13 Å². The van der Waals surface area contributed by atoms with Crippen LogP contribution in [-0.4, -0.2) is 21.1 Å². The number of nitrogens with one attached hydrogen (secondary N) is 1. The number of hydrogen-bond acceptors (Lipinski definition) is 8. The van der Waals surface area contributed by atoms with Crippen molar-refractivity contribution in [3.8, 4) is 5.75 Å². The third kappa shape index (κ3) is 6.06. The Bertz CT molecular complexity index is 1160. The highest BCUT2D eigenvalue weighted by molar-refractivity contribution is 8.00. The van der Waals surface area contributed by atoms with E-state index < -0.39 is 5.91 Å². The second-order valence-corrected chi connectivity index (χ2v) is 9.25. The second kappa shape index (κ2) is 9.94. The molecule has 0 aliphatic rings. The molecule has 0 atom stereocenters. The van der Waals surface area contributed by atoms with E-state index >= 15 is 0 Å². The van der Waals surface area contributed by atoms with E-state index in [0.29, 0.717) is 26.0 Å². The number of anilines is 1. The van der Waals surface area contributed by atoms with Gasteiger partial charge >= 0.3 is 0 Å². The predicted molar refractivity (Wildman–Crippen MR) is 117 cm³/mol. The Hall–Kier alpha value is -2.89. The lowest BCUT2D eigenvalue weighted by Crippen LogP contribution is -2.12. The van der Waals surface area contributed by atoms with E-state index in [1.54, 1.807) is 17.5 Å². The highest BCUT2D eigenvalue weighted by Crippen LogP contribution is 2.28. The maximum Gasteiger partial charge on any atom is 0.276 e. The first-order chi connectivity index (χ1) is 15.0. The number of carbonyl (C=O) groups is 1. The SMILES string of the molecule is O=C(Nc1nnc(SCc2ccc(F)cc2)s1)c1csc(COc2ccc(F)cc2)n1. The first-order valence-electron chi connectivity index (χ1n) is 8.90. The van der Waals surface area contributed by atoms with Crippen molar-refractivity contribution in [1.82, 2.24) is 15.2 Å². The maximum absolute atomic E-state index is 13.0. The molecule has 0 bridgehead atoms. The number of aromatic nitrogens is 3. The molecule has 2 heterocycles. The van der Waals surface area contributed by atoms with Crippen LogP contribution in [-0.2, 0) is 12.4 Å². The van der Waals surface area contributed by atoms with Crippen molar-refractivity contribution >= 4 is 45.5 Å². The average molecular weight is 477 g/mol.